The second-order valence-electron chi connectivity index (χ2n) is 7.35. The van der Waals surface area contributed by atoms with Crippen LogP contribution in [0.2, 0.25) is 0 Å². The molecule has 0 amide bonds. The number of thiazole rings is 1. The molecule has 5 rings (SSSR count). The van der Waals surface area contributed by atoms with E-state index in [0.29, 0.717) is 47.0 Å². The van der Waals surface area contributed by atoms with E-state index >= 15 is 0 Å². The summed E-state index contributed by atoms with van der Waals surface area (Å²) in [4.78, 5) is 17.8. The monoisotopic (exact) mass is 371 g/mol. The number of nitrogens with two attached hydrogens (primary N) is 1. The number of rotatable bonds is 4. The molecule has 1 aliphatic heterocycles. The fraction of sp³-hybridized carbons (Fsp3) is 0.474. The standard InChI is InChI=1S/C19H21N3O3S/c20-18-17(16(23)12-3-4-14-15(9-12)25-6-5-24-14)26-19(22-18)21-13-8-10-1-2-11(13)7-10/h3-4,9-11,13H,1-2,5-8,20H2,(H,21,22)/t10?,11?,13-/m0/s1. The SMILES string of the molecule is Nc1nc(N[C@H]2CC3CCC2C3)sc1C(=O)c1ccc2c(c1)OCCO2. The van der Waals surface area contributed by atoms with Gasteiger partial charge >= 0.3 is 0 Å². The summed E-state index contributed by atoms with van der Waals surface area (Å²) >= 11 is 1.35. The van der Waals surface area contributed by atoms with E-state index in [1.165, 1.54) is 37.0 Å². The van der Waals surface area contributed by atoms with E-state index in [9.17, 15) is 4.79 Å². The van der Waals surface area contributed by atoms with Crippen molar-refractivity contribution in [2.45, 2.75) is 31.7 Å². The van der Waals surface area contributed by atoms with Gasteiger partial charge in [-0.3, -0.25) is 4.79 Å². The average molecular weight is 371 g/mol. The number of nitrogens with zero attached hydrogens (tertiary/aromatic N) is 1. The van der Waals surface area contributed by atoms with Crippen molar-refractivity contribution in [1.29, 1.82) is 0 Å². The van der Waals surface area contributed by atoms with Gasteiger partial charge in [-0.15, -0.1) is 0 Å². The van der Waals surface area contributed by atoms with Crippen molar-refractivity contribution in [3.8, 4) is 11.5 Å². The van der Waals surface area contributed by atoms with Crippen molar-refractivity contribution in [2.24, 2.45) is 11.8 Å². The molecule has 136 valence electrons. The third-order valence-electron chi connectivity index (χ3n) is 5.71. The van der Waals surface area contributed by atoms with Gasteiger partial charge in [-0.25, -0.2) is 4.98 Å². The van der Waals surface area contributed by atoms with Crippen LogP contribution in [0.3, 0.4) is 0 Å². The van der Waals surface area contributed by atoms with Crippen LogP contribution >= 0.6 is 11.3 Å². The van der Waals surface area contributed by atoms with E-state index in [-0.39, 0.29) is 5.78 Å². The Morgan fingerprint density at radius 2 is 2.04 bits per heavy atom. The van der Waals surface area contributed by atoms with Gasteiger partial charge in [-0.1, -0.05) is 17.8 Å². The van der Waals surface area contributed by atoms with Gasteiger partial charge in [0.15, 0.2) is 16.6 Å². The van der Waals surface area contributed by atoms with Gasteiger partial charge in [0, 0.05) is 11.6 Å². The first-order chi connectivity index (χ1) is 12.7. The third-order valence-corrected chi connectivity index (χ3v) is 6.71. The summed E-state index contributed by atoms with van der Waals surface area (Å²) in [5.41, 5.74) is 6.59. The van der Waals surface area contributed by atoms with Gasteiger partial charge in [-0.2, -0.15) is 0 Å². The number of carbonyl (C=O) groups excluding carboxylic acids is 1. The van der Waals surface area contributed by atoms with Crippen LogP contribution in [-0.4, -0.2) is 30.0 Å². The van der Waals surface area contributed by atoms with Crippen LogP contribution in [0.25, 0.3) is 0 Å². The minimum absolute atomic E-state index is 0.127. The van der Waals surface area contributed by atoms with E-state index in [1.54, 1.807) is 18.2 Å². The van der Waals surface area contributed by atoms with Crippen molar-refractivity contribution in [3.63, 3.8) is 0 Å². The lowest BCUT2D eigenvalue weighted by Gasteiger charge is -2.22. The van der Waals surface area contributed by atoms with Crippen molar-refractivity contribution in [2.75, 3.05) is 24.3 Å². The number of carbonyl (C=O) groups is 1. The summed E-state index contributed by atoms with van der Waals surface area (Å²) < 4.78 is 11.1. The van der Waals surface area contributed by atoms with Gasteiger partial charge in [0.25, 0.3) is 0 Å². The molecule has 2 unspecified atom stereocenters. The van der Waals surface area contributed by atoms with E-state index in [2.05, 4.69) is 10.3 Å². The molecule has 2 saturated carbocycles. The van der Waals surface area contributed by atoms with Gasteiger partial charge in [0.05, 0.1) is 0 Å². The molecule has 7 heteroatoms. The number of anilines is 2. The average Bonchev–Trinajstić information content (AvgIpc) is 3.36. The lowest BCUT2D eigenvalue weighted by Crippen LogP contribution is -2.25. The van der Waals surface area contributed by atoms with Crippen LogP contribution < -0.4 is 20.5 Å². The van der Waals surface area contributed by atoms with Gasteiger partial charge < -0.3 is 20.5 Å². The topological polar surface area (TPSA) is 86.5 Å². The lowest BCUT2D eigenvalue weighted by atomic mass is 9.96. The Balaban J connectivity index is 1.36. The number of fused-ring (bicyclic) bond motifs is 3. The number of hydrogen-bond acceptors (Lipinski definition) is 7. The number of benzene rings is 1. The van der Waals surface area contributed by atoms with Crippen molar-refractivity contribution in [1.82, 2.24) is 4.98 Å². The van der Waals surface area contributed by atoms with Crippen molar-refractivity contribution >= 4 is 28.1 Å². The Morgan fingerprint density at radius 3 is 2.81 bits per heavy atom. The first-order valence-electron chi connectivity index (χ1n) is 9.14. The molecule has 6 nitrogen and oxygen atoms in total. The molecule has 0 saturated heterocycles. The summed E-state index contributed by atoms with van der Waals surface area (Å²) in [7, 11) is 0. The molecule has 1 aromatic heterocycles. The Morgan fingerprint density at radius 1 is 1.19 bits per heavy atom. The molecule has 2 bridgehead atoms. The maximum atomic E-state index is 12.9. The molecular formula is C19H21N3O3S. The van der Waals surface area contributed by atoms with Crippen LogP contribution in [0, 0.1) is 11.8 Å². The molecule has 2 fully saturated rings. The van der Waals surface area contributed by atoms with Gasteiger partial charge in [0.1, 0.15) is 23.9 Å². The zero-order chi connectivity index (χ0) is 17.7. The zero-order valence-corrected chi connectivity index (χ0v) is 15.2. The number of ether oxygens (including phenoxy) is 2. The van der Waals surface area contributed by atoms with Crippen LogP contribution in [0.5, 0.6) is 11.5 Å². The fourth-order valence-corrected chi connectivity index (χ4v) is 5.36. The summed E-state index contributed by atoms with van der Waals surface area (Å²) in [5, 5.41) is 4.27. The van der Waals surface area contributed by atoms with E-state index in [1.807, 2.05) is 0 Å². The number of nitrogen functional groups attached to an aromatic ring is 1. The molecule has 0 spiro atoms. The number of ketones is 1. The number of aromatic nitrogens is 1. The fourth-order valence-electron chi connectivity index (χ4n) is 4.45. The van der Waals surface area contributed by atoms with Crippen molar-refractivity contribution < 1.29 is 14.3 Å². The number of nitrogens with one attached hydrogen (secondary N) is 1. The molecule has 0 radical (unpaired) electrons. The molecule has 2 heterocycles. The minimum Gasteiger partial charge on any atom is -0.486 e. The van der Waals surface area contributed by atoms with Crippen LogP contribution in [0.4, 0.5) is 10.9 Å². The zero-order valence-electron chi connectivity index (χ0n) is 14.4. The molecule has 1 aromatic carbocycles. The molecule has 26 heavy (non-hydrogen) atoms. The second-order valence-corrected chi connectivity index (χ2v) is 8.35. The second kappa shape index (κ2) is 6.16. The first kappa shape index (κ1) is 15.9. The maximum Gasteiger partial charge on any atom is 0.206 e. The van der Waals surface area contributed by atoms with Gasteiger partial charge in [0.2, 0.25) is 5.78 Å². The Bertz CT molecular complexity index is 866. The highest BCUT2D eigenvalue weighted by molar-refractivity contribution is 7.18. The van der Waals surface area contributed by atoms with Crippen molar-refractivity contribution in [3.05, 3.63) is 28.6 Å². The predicted octanol–water partition coefficient (Wildman–Crippen LogP) is 3.33. The lowest BCUT2D eigenvalue weighted by molar-refractivity contribution is 0.104. The summed E-state index contributed by atoms with van der Waals surface area (Å²) in [6.07, 6.45) is 5.18. The Labute approximate surface area is 155 Å². The highest BCUT2D eigenvalue weighted by atomic mass is 32.1. The third kappa shape index (κ3) is 2.70. The molecule has 3 aliphatic rings. The highest BCUT2D eigenvalue weighted by Crippen LogP contribution is 2.46. The molecule has 2 aromatic rings. The summed E-state index contributed by atoms with van der Waals surface area (Å²) in [6.45, 7) is 1.02. The Hall–Kier alpha value is -2.28. The van der Waals surface area contributed by atoms with E-state index in [0.717, 1.165) is 17.0 Å². The highest BCUT2D eigenvalue weighted by Gasteiger charge is 2.39. The molecule has 3 atom stereocenters. The largest absolute Gasteiger partial charge is 0.486 e. The first-order valence-corrected chi connectivity index (χ1v) is 9.96. The maximum absolute atomic E-state index is 12.9. The predicted molar refractivity (Wildman–Crippen MR) is 100 cm³/mol. The molecule has 2 aliphatic carbocycles. The van der Waals surface area contributed by atoms with Crippen LogP contribution in [0.1, 0.15) is 40.9 Å². The quantitative estimate of drug-likeness (QED) is 0.802. The molecule has 3 N–H and O–H groups in total. The van der Waals surface area contributed by atoms with E-state index < -0.39 is 0 Å². The molecular weight excluding hydrogens is 350 g/mol. The Kier molecular flexibility index (Phi) is 3.77. The van der Waals surface area contributed by atoms with Gasteiger partial charge in [-0.05, 0) is 49.3 Å². The number of hydrogen-bond donors (Lipinski definition) is 2. The van der Waals surface area contributed by atoms with E-state index in [4.69, 9.17) is 15.2 Å². The van der Waals surface area contributed by atoms with Crippen LogP contribution in [-0.2, 0) is 0 Å². The normalized spacial score (nSPS) is 26.1. The summed E-state index contributed by atoms with van der Waals surface area (Å²) in [5.74, 6) is 3.03. The minimum atomic E-state index is -0.127. The van der Waals surface area contributed by atoms with Crippen LogP contribution in [0.15, 0.2) is 18.2 Å². The summed E-state index contributed by atoms with van der Waals surface area (Å²) in [6, 6.07) is 5.71. The smallest absolute Gasteiger partial charge is 0.206 e.